The lowest BCUT2D eigenvalue weighted by atomic mass is 10.1. The van der Waals surface area contributed by atoms with Crippen LogP contribution in [0.5, 0.6) is 0 Å². The van der Waals surface area contributed by atoms with Gasteiger partial charge >= 0.3 is 0 Å². The molecule has 2 rings (SSSR count). The molecule has 1 fully saturated rings. The molecule has 1 aromatic heterocycles. The Morgan fingerprint density at radius 3 is 3.06 bits per heavy atom. The van der Waals surface area contributed by atoms with E-state index in [-0.39, 0.29) is 5.91 Å². The molecule has 1 N–H and O–H groups in total. The van der Waals surface area contributed by atoms with E-state index in [0.29, 0.717) is 6.04 Å². The van der Waals surface area contributed by atoms with E-state index in [0.717, 1.165) is 37.3 Å². The first-order valence-electron chi connectivity index (χ1n) is 6.16. The molecule has 4 heteroatoms. The zero-order valence-corrected chi connectivity index (χ0v) is 10.4. The Balaban J connectivity index is 2.16. The number of nitrogens with one attached hydrogen (secondary N) is 1. The number of rotatable bonds is 3. The highest BCUT2D eigenvalue weighted by atomic mass is 16.2. The summed E-state index contributed by atoms with van der Waals surface area (Å²) in [7, 11) is 0. The Kier molecular flexibility index (Phi) is 3.74. The third kappa shape index (κ3) is 2.64. The number of carbonyl (C=O) groups excluding carboxylic acids is 1. The van der Waals surface area contributed by atoms with Crippen molar-refractivity contribution < 1.29 is 4.79 Å². The van der Waals surface area contributed by atoms with E-state index in [1.165, 1.54) is 0 Å². The summed E-state index contributed by atoms with van der Waals surface area (Å²) in [5, 5.41) is 3.30. The Morgan fingerprint density at radius 1 is 1.65 bits per heavy atom. The molecule has 0 aliphatic carbocycles. The molecule has 2 heterocycles. The first-order valence-corrected chi connectivity index (χ1v) is 6.16. The average molecular weight is 233 g/mol. The molecule has 0 radical (unpaired) electrons. The highest BCUT2D eigenvalue weighted by molar-refractivity contribution is 5.94. The molecule has 1 aliphatic rings. The van der Waals surface area contributed by atoms with Crippen molar-refractivity contribution in [2.75, 3.05) is 19.6 Å². The second-order valence-corrected chi connectivity index (χ2v) is 4.42. The Morgan fingerprint density at radius 2 is 2.47 bits per heavy atom. The van der Waals surface area contributed by atoms with E-state index in [1.54, 1.807) is 12.3 Å². The van der Waals surface area contributed by atoms with Crippen molar-refractivity contribution in [1.29, 1.82) is 0 Å². The van der Waals surface area contributed by atoms with Crippen molar-refractivity contribution >= 4 is 5.91 Å². The first kappa shape index (κ1) is 12.0. The third-order valence-corrected chi connectivity index (χ3v) is 3.22. The Bertz CT molecular complexity index is 399. The van der Waals surface area contributed by atoms with Gasteiger partial charge < -0.3 is 10.2 Å². The van der Waals surface area contributed by atoms with E-state index < -0.39 is 0 Å². The van der Waals surface area contributed by atoms with Crippen LogP contribution in [0.25, 0.3) is 0 Å². The van der Waals surface area contributed by atoms with Gasteiger partial charge in [-0.15, -0.1) is 0 Å². The lowest BCUT2D eigenvalue weighted by Crippen LogP contribution is -2.41. The summed E-state index contributed by atoms with van der Waals surface area (Å²) in [6.07, 6.45) is 2.74. The van der Waals surface area contributed by atoms with E-state index in [1.807, 2.05) is 24.8 Å². The minimum absolute atomic E-state index is 0.117. The first-order chi connectivity index (χ1) is 8.22. The molecular weight excluding hydrogens is 214 g/mol. The van der Waals surface area contributed by atoms with Crippen LogP contribution in [0.15, 0.2) is 18.3 Å². The second kappa shape index (κ2) is 5.27. The number of amides is 1. The summed E-state index contributed by atoms with van der Waals surface area (Å²) in [6, 6.07) is 3.98. The number of pyridine rings is 1. The summed E-state index contributed by atoms with van der Waals surface area (Å²) < 4.78 is 0. The molecule has 92 valence electrons. The molecule has 1 unspecified atom stereocenters. The normalized spacial score (nSPS) is 19.3. The van der Waals surface area contributed by atoms with Crippen LogP contribution in [-0.2, 0) is 0 Å². The number of carbonyl (C=O) groups is 1. The predicted octanol–water partition coefficient (Wildman–Crippen LogP) is 1.21. The maximum absolute atomic E-state index is 12.4. The van der Waals surface area contributed by atoms with E-state index in [4.69, 9.17) is 0 Å². The number of nitrogens with zero attached hydrogens (tertiary/aromatic N) is 2. The van der Waals surface area contributed by atoms with Crippen molar-refractivity contribution in [2.45, 2.75) is 26.3 Å². The van der Waals surface area contributed by atoms with Gasteiger partial charge in [0, 0.05) is 36.6 Å². The molecule has 1 atom stereocenters. The van der Waals surface area contributed by atoms with Crippen LogP contribution in [0.4, 0.5) is 0 Å². The average Bonchev–Trinajstić information content (AvgIpc) is 2.83. The maximum Gasteiger partial charge on any atom is 0.254 e. The molecule has 0 bridgehead atoms. The van der Waals surface area contributed by atoms with Crippen molar-refractivity contribution in [2.24, 2.45) is 0 Å². The monoisotopic (exact) mass is 233 g/mol. The van der Waals surface area contributed by atoms with Gasteiger partial charge in [0.25, 0.3) is 5.91 Å². The minimum atomic E-state index is 0.117. The van der Waals surface area contributed by atoms with Crippen molar-refractivity contribution in [3.63, 3.8) is 0 Å². The van der Waals surface area contributed by atoms with Crippen molar-refractivity contribution in [3.8, 4) is 0 Å². The lowest BCUT2D eigenvalue weighted by molar-refractivity contribution is 0.0703. The van der Waals surface area contributed by atoms with E-state index >= 15 is 0 Å². The van der Waals surface area contributed by atoms with Gasteiger partial charge in [-0.25, -0.2) is 0 Å². The molecule has 1 amide bonds. The van der Waals surface area contributed by atoms with Gasteiger partial charge in [0.15, 0.2) is 0 Å². The summed E-state index contributed by atoms with van der Waals surface area (Å²) in [4.78, 5) is 18.5. The summed E-state index contributed by atoms with van der Waals surface area (Å²) in [6.45, 7) is 6.61. The molecule has 1 aromatic rings. The predicted molar refractivity (Wildman–Crippen MR) is 67.0 cm³/mol. The van der Waals surface area contributed by atoms with Crippen LogP contribution < -0.4 is 5.32 Å². The molecule has 0 aromatic carbocycles. The Hall–Kier alpha value is -1.42. The van der Waals surface area contributed by atoms with Gasteiger partial charge in [0.1, 0.15) is 0 Å². The van der Waals surface area contributed by atoms with Crippen LogP contribution in [-0.4, -0.2) is 41.5 Å². The number of aromatic nitrogens is 1. The van der Waals surface area contributed by atoms with Gasteiger partial charge in [0.05, 0.1) is 0 Å². The SMILES string of the molecule is CCN(C(=O)c1ccnc(C)c1)C1CCNC1. The van der Waals surface area contributed by atoms with E-state index in [2.05, 4.69) is 10.3 Å². The largest absolute Gasteiger partial charge is 0.335 e. The minimum Gasteiger partial charge on any atom is -0.335 e. The highest BCUT2D eigenvalue weighted by Gasteiger charge is 2.25. The van der Waals surface area contributed by atoms with Crippen LogP contribution in [0, 0.1) is 6.92 Å². The van der Waals surface area contributed by atoms with Crippen LogP contribution in [0.2, 0.25) is 0 Å². The molecule has 0 saturated carbocycles. The number of likely N-dealkylation sites (N-methyl/N-ethyl adjacent to an activating group) is 1. The highest BCUT2D eigenvalue weighted by Crippen LogP contribution is 2.13. The quantitative estimate of drug-likeness (QED) is 0.853. The van der Waals surface area contributed by atoms with Gasteiger partial charge in [-0.05, 0) is 38.9 Å². The van der Waals surface area contributed by atoms with Crippen LogP contribution in [0.1, 0.15) is 29.4 Å². The molecule has 1 saturated heterocycles. The van der Waals surface area contributed by atoms with Crippen molar-refractivity contribution in [1.82, 2.24) is 15.2 Å². The summed E-state index contributed by atoms with van der Waals surface area (Å²) >= 11 is 0. The topological polar surface area (TPSA) is 45.2 Å². The fourth-order valence-corrected chi connectivity index (χ4v) is 2.32. The van der Waals surface area contributed by atoms with Gasteiger partial charge in [-0.3, -0.25) is 9.78 Å². The maximum atomic E-state index is 12.4. The second-order valence-electron chi connectivity index (χ2n) is 4.42. The number of aryl methyl sites for hydroxylation is 1. The zero-order chi connectivity index (χ0) is 12.3. The van der Waals surface area contributed by atoms with Gasteiger partial charge in [-0.2, -0.15) is 0 Å². The fraction of sp³-hybridized carbons (Fsp3) is 0.538. The molecular formula is C13H19N3O. The standard InChI is InChI=1S/C13H19N3O/c1-3-16(12-5-6-14-9-12)13(17)11-4-7-15-10(2)8-11/h4,7-8,12,14H,3,5-6,9H2,1-2H3. The molecule has 0 spiro atoms. The third-order valence-electron chi connectivity index (χ3n) is 3.22. The van der Waals surface area contributed by atoms with Crippen molar-refractivity contribution in [3.05, 3.63) is 29.6 Å². The smallest absolute Gasteiger partial charge is 0.254 e. The molecule has 17 heavy (non-hydrogen) atoms. The lowest BCUT2D eigenvalue weighted by Gasteiger charge is -2.27. The zero-order valence-electron chi connectivity index (χ0n) is 10.4. The van der Waals surface area contributed by atoms with Gasteiger partial charge in [0.2, 0.25) is 0 Å². The summed E-state index contributed by atoms with van der Waals surface area (Å²) in [5.74, 6) is 0.117. The number of hydrogen-bond donors (Lipinski definition) is 1. The molecule has 1 aliphatic heterocycles. The van der Waals surface area contributed by atoms with Crippen LogP contribution >= 0.6 is 0 Å². The van der Waals surface area contributed by atoms with Crippen LogP contribution in [0.3, 0.4) is 0 Å². The van der Waals surface area contributed by atoms with E-state index in [9.17, 15) is 4.79 Å². The Labute approximate surface area is 102 Å². The fourth-order valence-electron chi connectivity index (χ4n) is 2.32. The molecule has 4 nitrogen and oxygen atoms in total. The number of hydrogen-bond acceptors (Lipinski definition) is 3. The van der Waals surface area contributed by atoms with Gasteiger partial charge in [-0.1, -0.05) is 0 Å². The summed E-state index contributed by atoms with van der Waals surface area (Å²) in [5.41, 5.74) is 1.63.